The minimum Gasteiger partial charge on any atom is -0.289 e. The van der Waals surface area contributed by atoms with Crippen molar-refractivity contribution >= 4 is 11.6 Å². The average molecular weight is 276 g/mol. The summed E-state index contributed by atoms with van der Waals surface area (Å²) in [5.74, 6) is -0.0952. The Morgan fingerprint density at radius 1 is 0.810 bits per heavy atom. The highest BCUT2D eigenvalue weighted by atomic mass is 16.1. The van der Waals surface area contributed by atoms with Crippen molar-refractivity contribution in [2.24, 2.45) is 0 Å². The van der Waals surface area contributed by atoms with Gasteiger partial charge in [-0.1, -0.05) is 61.5 Å². The topological polar surface area (TPSA) is 34.1 Å². The first kappa shape index (κ1) is 13.5. The molecule has 1 aliphatic carbocycles. The van der Waals surface area contributed by atoms with Gasteiger partial charge in [0.05, 0.1) is 0 Å². The minimum atomic E-state index is -0.0541. The van der Waals surface area contributed by atoms with E-state index in [0.29, 0.717) is 28.7 Å². The van der Waals surface area contributed by atoms with Gasteiger partial charge in [-0.25, -0.2) is 0 Å². The lowest BCUT2D eigenvalue weighted by atomic mass is 9.81. The maximum atomic E-state index is 12.7. The number of rotatable bonds is 3. The Balaban J connectivity index is 2.14. The summed E-state index contributed by atoms with van der Waals surface area (Å²) in [6.45, 7) is 2.07. The van der Waals surface area contributed by atoms with Gasteiger partial charge in [0.2, 0.25) is 0 Å². The van der Waals surface area contributed by atoms with Gasteiger partial charge in [0, 0.05) is 22.3 Å². The molecule has 0 radical (unpaired) electrons. The van der Waals surface area contributed by atoms with Gasteiger partial charge in [-0.2, -0.15) is 0 Å². The van der Waals surface area contributed by atoms with Crippen LogP contribution in [-0.2, 0) is 6.42 Å². The second kappa shape index (κ2) is 5.49. The summed E-state index contributed by atoms with van der Waals surface area (Å²) in [6.07, 6.45) is 5.76. The van der Waals surface area contributed by atoms with Crippen molar-refractivity contribution in [3.05, 3.63) is 82.4 Å². The molecule has 0 amide bonds. The molecule has 104 valence electrons. The molecule has 0 atom stereocenters. The van der Waals surface area contributed by atoms with Crippen LogP contribution in [0.15, 0.2) is 54.6 Å². The first-order chi connectivity index (χ1) is 10.2. The van der Waals surface area contributed by atoms with E-state index in [1.807, 2.05) is 18.2 Å². The molecule has 1 aliphatic rings. The van der Waals surface area contributed by atoms with E-state index in [-0.39, 0.29) is 11.6 Å². The molecule has 0 unspecified atom stereocenters. The van der Waals surface area contributed by atoms with Crippen molar-refractivity contribution in [2.45, 2.75) is 19.8 Å². The van der Waals surface area contributed by atoms with E-state index in [1.54, 1.807) is 30.3 Å². The van der Waals surface area contributed by atoms with Gasteiger partial charge < -0.3 is 0 Å². The first-order valence-electron chi connectivity index (χ1n) is 7.19. The van der Waals surface area contributed by atoms with E-state index in [0.717, 1.165) is 12.0 Å². The first-order valence-corrected chi connectivity index (χ1v) is 7.19. The lowest BCUT2D eigenvalue weighted by molar-refractivity contribution is 0.0978. The van der Waals surface area contributed by atoms with E-state index in [9.17, 15) is 9.59 Å². The summed E-state index contributed by atoms with van der Waals surface area (Å²) in [6, 6.07) is 12.6. The van der Waals surface area contributed by atoms with Crippen LogP contribution in [-0.4, -0.2) is 11.6 Å². The Morgan fingerprint density at radius 2 is 1.48 bits per heavy atom. The lowest BCUT2D eigenvalue weighted by Gasteiger charge is -2.19. The zero-order chi connectivity index (χ0) is 14.8. The number of allylic oxidation sites excluding steroid dienone is 2. The number of ketones is 2. The molecule has 2 nitrogen and oxygen atoms in total. The third-order valence-electron chi connectivity index (χ3n) is 3.78. The molecule has 0 fully saturated rings. The third kappa shape index (κ3) is 2.23. The predicted molar refractivity (Wildman–Crippen MR) is 82.9 cm³/mol. The van der Waals surface area contributed by atoms with Crippen molar-refractivity contribution in [1.29, 1.82) is 0 Å². The molecule has 2 aromatic carbocycles. The zero-order valence-corrected chi connectivity index (χ0v) is 11.9. The van der Waals surface area contributed by atoms with E-state index in [4.69, 9.17) is 0 Å². The summed E-state index contributed by atoms with van der Waals surface area (Å²) in [4.78, 5) is 25.3. The van der Waals surface area contributed by atoms with Crippen molar-refractivity contribution < 1.29 is 9.59 Å². The van der Waals surface area contributed by atoms with Crippen LogP contribution in [0.1, 0.15) is 50.8 Å². The van der Waals surface area contributed by atoms with Crippen LogP contribution in [0.25, 0.3) is 0 Å². The van der Waals surface area contributed by atoms with Crippen molar-refractivity contribution in [3.8, 4) is 0 Å². The fourth-order valence-corrected chi connectivity index (χ4v) is 2.76. The SMILES string of the molecule is CCC=CCc1cccc2c1C(=O)c1ccccc1C2=O. The summed E-state index contributed by atoms with van der Waals surface area (Å²) >= 11 is 0. The van der Waals surface area contributed by atoms with Crippen LogP contribution < -0.4 is 0 Å². The van der Waals surface area contributed by atoms with Gasteiger partial charge in [-0.05, 0) is 18.4 Å². The van der Waals surface area contributed by atoms with Crippen LogP contribution in [0.5, 0.6) is 0 Å². The Bertz CT molecular complexity index is 754. The largest absolute Gasteiger partial charge is 0.289 e. The highest BCUT2D eigenvalue weighted by molar-refractivity contribution is 6.28. The second-order valence-corrected chi connectivity index (χ2v) is 5.13. The Labute approximate surface area is 124 Å². The Hall–Kier alpha value is -2.48. The normalized spacial score (nSPS) is 13.4. The van der Waals surface area contributed by atoms with E-state index in [2.05, 4.69) is 13.0 Å². The van der Waals surface area contributed by atoms with E-state index in [1.165, 1.54) is 0 Å². The fraction of sp³-hybridized carbons (Fsp3) is 0.158. The molecule has 2 heteroatoms. The van der Waals surface area contributed by atoms with Crippen molar-refractivity contribution in [1.82, 2.24) is 0 Å². The monoisotopic (exact) mass is 276 g/mol. The molecule has 0 aliphatic heterocycles. The van der Waals surface area contributed by atoms with Crippen LogP contribution in [0, 0.1) is 0 Å². The summed E-state index contributed by atoms with van der Waals surface area (Å²) in [7, 11) is 0. The molecule has 3 rings (SSSR count). The smallest absolute Gasteiger partial charge is 0.194 e. The van der Waals surface area contributed by atoms with E-state index < -0.39 is 0 Å². The van der Waals surface area contributed by atoms with Gasteiger partial charge in [-0.15, -0.1) is 0 Å². The van der Waals surface area contributed by atoms with Crippen molar-refractivity contribution in [2.75, 3.05) is 0 Å². The molecule has 0 aromatic heterocycles. The maximum absolute atomic E-state index is 12.7. The van der Waals surface area contributed by atoms with E-state index >= 15 is 0 Å². The van der Waals surface area contributed by atoms with Gasteiger partial charge >= 0.3 is 0 Å². The van der Waals surface area contributed by atoms with Crippen LogP contribution in [0.4, 0.5) is 0 Å². The summed E-state index contributed by atoms with van der Waals surface area (Å²) in [5, 5.41) is 0. The number of benzene rings is 2. The molecule has 0 saturated carbocycles. The zero-order valence-electron chi connectivity index (χ0n) is 11.9. The standard InChI is InChI=1S/C19H16O2/c1-2-3-4-8-13-9-7-12-16-17(13)19(21)15-11-6-5-10-14(15)18(16)20/h3-7,9-12H,2,8H2,1H3. The van der Waals surface area contributed by atoms with Crippen LogP contribution >= 0.6 is 0 Å². The summed E-state index contributed by atoms with van der Waals surface area (Å²) in [5.41, 5.74) is 3.05. The van der Waals surface area contributed by atoms with Crippen LogP contribution in [0.3, 0.4) is 0 Å². The van der Waals surface area contributed by atoms with Gasteiger partial charge in [0.15, 0.2) is 11.6 Å². The number of carbonyl (C=O) groups excluding carboxylic acids is 2. The molecular weight excluding hydrogens is 260 g/mol. The van der Waals surface area contributed by atoms with Gasteiger partial charge in [0.25, 0.3) is 0 Å². The third-order valence-corrected chi connectivity index (χ3v) is 3.78. The maximum Gasteiger partial charge on any atom is 0.194 e. The predicted octanol–water partition coefficient (Wildman–Crippen LogP) is 3.97. The highest BCUT2D eigenvalue weighted by Crippen LogP contribution is 2.29. The molecule has 0 heterocycles. The number of hydrogen-bond acceptors (Lipinski definition) is 2. The summed E-state index contributed by atoms with van der Waals surface area (Å²) < 4.78 is 0. The molecule has 0 spiro atoms. The molecular formula is C19H16O2. The molecule has 2 aromatic rings. The van der Waals surface area contributed by atoms with Crippen LogP contribution in [0.2, 0.25) is 0 Å². The van der Waals surface area contributed by atoms with Gasteiger partial charge in [0.1, 0.15) is 0 Å². The number of fused-ring (bicyclic) bond motifs is 2. The second-order valence-electron chi connectivity index (χ2n) is 5.13. The fourth-order valence-electron chi connectivity index (χ4n) is 2.76. The molecule has 0 bridgehead atoms. The van der Waals surface area contributed by atoms with Crippen molar-refractivity contribution in [3.63, 3.8) is 0 Å². The Morgan fingerprint density at radius 3 is 2.19 bits per heavy atom. The number of carbonyl (C=O) groups is 2. The quantitative estimate of drug-likeness (QED) is 0.678. The average Bonchev–Trinajstić information content (AvgIpc) is 2.53. The van der Waals surface area contributed by atoms with Gasteiger partial charge in [-0.3, -0.25) is 9.59 Å². The minimum absolute atomic E-state index is 0.0410. The molecule has 0 N–H and O–H groups in total. The molecule has 21 heavy (non-hydrogen) atoms. The lowest BCUT2D eigenvalue weighted by Crippen LogP contribution is -2.22. The highest BCUT2D eigenvalue weighted by Gasteiger charge is 2.30. The number of hydrogen-bond donors (Lipinski definition) is 0. The Kier molecular flexibility index (Phi) is 3.53. The molecule has 0 saturated heterocycles.